The second-order valence-corrected chi connectivity index (χ2v) is 12.8. The van der Waals surface area contributed by atoms with E-state index in [-0.39, 0.29) is 65.7 Å². The summed E-state index contributed by atoms with van der Waals surface area (Å²) in [6.07, 6.45) is 0. The molecule has 12 aromatic rings. The van der Waals surface area contributed by atoms with Crippen LogP contribution in [0.2, 0.25) is 0 Å². The Morgan fingerprint density at radius 3 is 1.79 bits per heavy atom. The summed E-state index contributed by atoms with van der Waals surface area (Å²) in [5.74, 6) is -2.12. The molecule has 0 amide bonds. The van der Waals surface area contributed by atoms with Gasteiger partial charge in [-0.2, -0.15) is 9.97 Å². The molecule has 4 heterocycles. The van der Waals surface area contributed by atoms with Crippen molar-refractivity contribution in [3.8, 4) is 51.0 Å². The topological polar surface area (TPSA) is 69.9 Å². The Labute approximate surface area is 354 Å². The van der Waals surface area contributed by atoms with Gasteiger partial charge in [0.05, 0.1) is 32.9 Å². The highest BCUT2D eigenvalue weighted by Crippen LogP contribution is 2.43. The van der Waals surface area contributed by atoms with E-state index in [1.54, 1.807) is 60.7 Å². The number of fused-ring (bicyclic) bond motifs is 10. The average molecular weight is 751 g/mol. The second-order valence-electron chi connectivity index (χ2n) is 12.8. The number of furan rings is 2. The molecule has 0 unspecified atom stereocenters. The molecule has 12 rings (SSSR count). The van der Waals surface area contributed by atoms with E-state index >= 15 is 0 Å². The molecule has 0 radical (unpaired) electrons. The number of aromatic nitrogens is 4. The SMILES string of the molecule is [2H]c1c([2H])c([2H])c(-c2nc(-c3c([2H])c([2H])c4c(oc5c([2H])c([2H])c([2H])c(-c6ccccc6)c54)c3[2H])nc(-n3c4c([2H])c([2H])c([2H])c([2H])c4c4c([2H])c([2H])c5c(oc6c([2H])c([2H])c([2H])c(-c7ccccc7)c65)c43)n2)c([2H])c1[2H]. The number of hydrogen-bond donors (Lipinski definition) is 0. The summed E-state index contributed by atoms with van der Waals surface area (Å²) in [6, 6.07) is 3.20. The first-order valence-electron chi connectivity index (χ1n) is 27.4. The zero-order chi connectivity index (χ0) is 54.9. The smallest absolute Gasteiger partial charge is 0.238 e. The third-order valence-corrected chi connectivity index (χ3v) is 9.62. The van der Waals surface area contributed by atoms with Crippen LogP contribution in [0.3, 0.4) is 0 Å². The van der Waals surface area contributed by atoms with Crippen molar-refractivity contribution in [2.45, 2.75) is 0 Å². The van der Waals surface area contributed by atoms with Gasteiger partial charge >= 0.3 is 0 Å². The lowest BCUT2D eigenvalue weighted by atomic mass is 9.99. The summed E-state index contributed by atoms with van der Waals surface area (Å²) in [6.45, 7) is 0. The Kier molecular flexibility index (Phi) is 3.85. The van der Waals surface area contributed by atoms with Gasteiger partial charge in [-0.15, -0.1) is 0 Å². The zero-order valence-electron chi connectivity index (χ0n) is 48.9. The summed E-state index contributed by atoms with van der Waals surface area (Å²) in [7, 11) is 0. The van der Waals surface area contributed by atoms with Crippen LogP contribution in [-0.2, 0) is 0 Å². The summed E-state index contributed by atoms with van der Waals surface area (Å²) >= 11 is 0. The number of rotatable bonds is 5. The highest BCUT2D eigenvalue weighted by Gasteiger charge is 2.23. The average Bonchev–Trinajstić information content (AvgIpc) is 4.08. The highest BCUT2D eigenvalue weighted by molar-refractivity contribution is 6.23. The van der Waals surface area contributed by atoms with E-state index in [4.69, 9.17) is 31.6 Å². The van der Waals surface area contributed by atoms with Crippen molar-refractivity contribution in [1.29, 1.82) is 0 Å². The van der Waals surface area contributed by atoms with Crippen molar-refractivity contribution in [1.82, 2.24) is 19.5 Å². The van der Waals surface area contributed by atoms with Gasteiger partial charge in [0.25, 0.3) is 0 Å². The van der Waals surface area contributed by atoms with E-state index in [0.717, 1.165) is 4.57 Å². The maximum absolute atomic E-state index is 9.72. The third kappa shape index (κ3) is 4.87. The van der Waals surface area contributed by atoms with Crippen LogP contribution in [0.4, 0.5) is 0 Å². The molecule has 6 nitrogen and oxygen atoms in total. The monoisotopic (exact) mass is 750 g/mol. The van der Waals surface area contributed by atoms with Crippen LogP contribution in [0, 0.1) is 0 Å². The fourth-order valence-electron chi connectivity index (χ4n) is 7.17. The van der Waals surface area contributed by atoms with Crippen molar-refractivity contribution >= 4 is 65.7 Å². The standard InChI is InChI=1S/C51H30N4O2/c1-4-14-31(15-5-1)35-21-12-24-42-45(35)39-27-26-34(30-44(39)56-42)50-52-49(33-18-8-3-9-19-33)53-51(54-50)55-41-23-11-10-20-37(41)38-28-29-40-46-36(32-16-6-2-7-17-32)22-13-25-43(46)57-48(40)47(38)55/h1-30H/i3D,8D,9D,10D,11D,12D,13D,18D,19D,20D,21D,22D,23D,24D,25D,26D,27D,28D,29D,30D. The van der Waals surface area contributed by atoms with Crippen molar-refractivity contribution in [2.24, 2.45) is 0 Å². The number of nitrogens with zero attached hydrogens (tertiary/aromatic N) is 4. The molecule has 57 heavy (non-hydrogen) atoms. The van der Waals surface area contributed by atoms with Gasteiger partial charge in [-0.3, -0.25) is 4.57 Å². The molecule has 0 saturated carbocycles. The minimum atomic E-state index is -0.830. The van der Waals surface area contributed by atoms with Gasteiger partial charge in [-0.1, -0.05) is 145 Å². The van der Waals surface area contributed by atoms with Crippen molar-refractivity contribution in [2.75, 3.05) is 0 Å². The Hall–Kier alpha value is -7.83. The lowest BCUT2D eigenvalue weighted by molar-refractivity contribution is 0.669. The van der Waals surface area contributed by atoms with Gasteiger partial charge in [0, 0.05) is 43.4 Å². The summed E-state index contributed by atoms with van der Waals surface area (Å²) in [5.41, 5.74) is -2.49. The zero-order valence-corrected chi connectivity index (χ0v) is 28.9. The fourth-order valence-corrected chi connectivity index (χ4v) is 7.17. The van der Waals surface area contributed by atoms with Crippen LogP contribution < -0.4 is 0 Å². The molecule has 0 aliphatic heterocycles. The van der Waals surface area contributed by atoms with Crippen LogP contribution >= 0.6 is 0 Å². The van der Waals surface area contributed by atoms with Gasteiger partial charge in [0.15, 0.2) is 17.2 Å². The Morgan fingerprint density at radius 1 is 0.439 bits per heavy atom. The molecule has 0 bridgehead atoms. The minimum absolute atomic E-state index is 0.0116. The third-order valence-electron chi connectivity index (χ3n) is 9.62. The van der Waals surface area contributed by atoms with Gasteiger partial charge in [-0.05, 0) is 58.5 Å². The quantitative estimate of drug-likeness (QED) is 0.175. The molecular formula is C51H30N4O2. The molecule has 0 fully saturated rings. The van der Waals surface area contributed by atoms with E-state index in [1.807, 2.05) is 0 Å². The molecule has 4 aromatic heterocycles. The largest absolute Gasteiger partial charge is 0.456 e. The molecule has 0 aliphatic carbocycles. The first kappa shape index (κ1) is 17.8. The van der Waals surface area contributed by atoms with E-state index in [1.165, 1.54) is 0 Å². The minimum Gasteiger partial charge on any atom is -0.456 e. The van der Waals surface area contributed by atoms with E-state index < -0.39 is 161 Å². The van der Waals surface area contributed by atoms with Gasteiger partial charge in [0.2, 0.25) is 5.95 Å². The van der Waals surface area contributed by atoms with Crippen LogP contribution in [0.5, 0.6) is 0 Å². The molecule has 0 N–H and O–H groups in total. The Morgan fingerprint density at radius 2 is 1.05 bits per heavy atom. The van der Waals surface area contributed by atoms with Crippen molar-refractivity contribution in [3.63, 3.8) is 0 Å². The normalized spacial score (nSPS) is 16.8. The number of hydrogen-bond acceptors (Lipinski definition) is 5. The molecule has 0 spiro atoms. The van der Waals surface area contributed by atoms with Crippen LogP contribution in [0.15, 0.2) is 190 Å². The van der Waals surface area contributed by atoms with Crippen molar-refractivity contribution < 1.29 is 36.2 Å². The summed E-state index contributed by atoms with van der Waals surface area (Å²) in [4.78, 5) is 13.8. The van der Waals surface area contributed by atoms with Gasteiger partial charge < -0.3 is 8.83 Å². The van der Waals surface area contributed by atoms with Crippen LogP contribution in [-0.4, -0.2) is 19.5 Å². The number of benzene rings is 8. The number of para-hydroxylation sites is 1. The van der Waals surface area contributed by atoms with E-state index in [0.29, 0.717) is 11.1 Å². The molecular weight excluding hydrogens is 701 g/mol. The Balaban J connectivity index is 1.29. The molecule has 0 saturated heterocycles. The molecule has 266 valence electrons. The van der Waals surface area contributed by atoms with E-state index in [9.17, 15) is 9.60 Å². The Bertz CT molecular complexity index is 4660. The predicted molar refractivity (Wildman–Crippen MR) is 230 cm³/mol. The first-order chi connectivity index (χ1) is 36.6. The molecule has 0 aliphatic rings. The van der Waals surface area contributed by atoms with Crippen LogP contribution in [0.1, 0.15) is 27.4 Å². The molecule has 8 aromatic carbocycles. The lowest BCUT2D eigenvalue weighted by Gasteiger charge is -2.11. The molecule has 0 atom stereocenters. The molecule has 6 heteroatoms. The van der Waals surface area contributed by atoms with Gasteiger partial charge in [0.1, 0.15) is 22.3 Å². The lowest BCUT2D eigenvalue weighted by Crippen LogP contribution is -2.06. The highest BCUT2D eigenvalue weighted by atomic mass is 16.3. The maximum atomic E-state index is 9.72. The first-order valence-corrected chi connectivity index (χ1v) is 17.4. The second kappa shape index (κ2) is 12.3. The van der Waals surface area contributed by atoms with Crippen molar-refractivity contribution in [3.05, 3.63) is 182 Å². The predicted octanol–water partition coefficient (Wildman–Crippen LogP) is 13.4. The van der Waals surface area contributed by atoms with E-state index in [2.05, 4.69) is 9.97 Å². The maximum Gasteiger partial charge on any atom is 0.238 e. The van der Waals surface area contributed by atoms with Crippen LogP contribution in [0.25, 0.3) is 117 Å². The summed E-state index contributed by atoms with van der Waals surface area (Å²) in [5, 5.41) is -1.12. The van der Waals surface area contributed by atoms with Gasteiger partial charge in [-0.25, -0.2) is 4.98 Å². The fraction of sp³-hybridized carbons (Fsp3) is 0. The summed E-state index contributed by atoms with van der Waals surface area (Å²) < 4.78 is 195.